The average molecular weight is 783 g/mol. The number of fused-ring (bicyclic) bond motifs is 2. The lowest BCUT2D eigenvalue weighted by atomic mass is 9.89. The fourth-order valence-electron chi connectivity index (χ4n) is 9.05. The number of aliphatic imine (C=N–C) groups is 1. The number of aromatic nitrogens is 2. The Hall–Kier alpha value is -7.82. The van der Waals surface area contributed by atoms with E-state index in [1.807, 2.05) is 0 Å². The first-order valence-electron chi connectivity index (χ1n) is 21.1. The zero-order valence-corrected chi connectivity index (χ0v) is 33.9. The van der Waals surface area contributed by atoms with Gasteiger partial charge in [-0.3, -0.25) is 9.47 Å². The van der Waals surface area contributed by atoms with Crippen molar-refractivity contribution in [2.24, 2.45) is 4.99 Å². The summed E-state index contributed by atoms with van der Waals surface area (Å²) >= 11 is 0. The predicted octanol–water partition coefficient (Wildman–Crippen LogP) is 14.4. The minimum atomic E-state index is -0.184. The van der Waals surface area contributed by atoms with Crippen molar-refractivity contribution in [2.75, 3.05) is 4.90 Å². The Balaban J connectivity index is 0.951. The summed E-state index contributed by atoms with van der Waals surface area (Å²) in [6, 6.07) is 78.4. The minimum absolute atomic E-state index is 0.184. The Labute approximate surface area is 356 Å². The van der Waals surface area contributed by atoms with Crippen LogP contribution in [-0.2, 0) is 6.42 Å². The second kappa shape index (κ2) is 15.4. The molecule has 290 valence electrons. The van der Waals surface area contributed by atoms with Crippen LogP contribution in [0.3, 0.4) is 0 Å². The van der Waals surface area contributed by atoms with Gasteiger partial charge in [0, 0.05) is 28.9 Å². The van der Waals surface area contributed by atoms with Crippen LogP contribution in [0.5, 0.6) is 0 Å². The van der Waals surface area contributed by atoms with E-state index in [4.69, 9.17) is 9.98 Å². The van der Waals surface area contributed by atoms with Crippen molar-refractivity contribution in [1.82, 2.24) is 9.55 Å². The summed E-state index contributed by atoms with van der Waals surface area (Å²) in [5.41, 5.74) is 16.2. The highest BCUT2D eigenvalue weighted by molar-refractivity contribution is 6.14. The fourth-order valence-corrected chi connectivity index (χ4v) is 9.05. The van der Waals surface area contributed by atoms with E-state index in [1.165, 1.54) is 60.8 Å². The summed E-state index contributed by atoms with van der Waals surface area (Å²) in [7, 11) is 0. The van der Waals surface area contributed by atoms with Crippen LogP contribution in [0.1, 0.15) is 30.0 Å². The van der Waals surface area contributed by atoms with Gasteiger partial charge in [-0.1, -0.05) is 183 Å². The minimum Gasteiger partial charge on any atom is -0.299 e. The molecular weight excluding hydrogens is 741 g/mol. The molecule has 10 aromatic rings. The van der Waals surface area contributed by atoms with Gasteiger partial charge in [0.05, 0.1) is 11.0 Å². The number of rotatable bonds is 9. The third-order valence-electron chi connectivity index (χ3n) is 12.0. The number of anilines is 1. The smallest absolute Gasteiger partial charge is 0.155 e. The third-order valence-corrected chi connectivity index (χ3v) is 12.0. The zero-order valence-electron chi connectivity index (χ0n) is 33.9. The number of imidazole rings is 1. The standard InChI is InChI=1S/C57H42N4/c1-2-55-58-53-28-11-12-29-54(53)60(55)45-34-32-41(33-35-45)43-20-13-21-44(38-43)47-24-14-26-49-48(47)25-15-27-50(49)51-22-9-10-23-52(51)57-59-56(42-18-7-4-8-19-42)61(57)46-36-30-40(31-37-46)39-16-5-3-6-17-39/h3-38,57H,2H2,1H3. The van der Waals surface area contributed by atoms with Crippen LogP contribution in [0.15, 0.2) is 223 Å². The molecule has 0 N–H and O–H groups in total. The first-order valence-corrected chi connectivity index (χ1v) is 21.1. The number of amidine groups is 1. The maximum absolute atomic E-state index is 5.35. The molecule has 0 aliphatic carbocycles. The summed E-state index contributed by atoms with van der Waals surface area (Å²) < 4.78 is 2.28. The van der Waals surface area contributed by atoms with Crippen molar-refractivity contribution < 1.29 is 0 Å². The van der Waals surface area contributed by atoms with Crippen LogP contribution in [-0.4, -0.2) is 15.4 Å². The van der Waals surface area contributed by atoms with Gasteiger partial charge in [0.15, 0.2) is 6.17 Å². The van der Waals surface area contributed by atoms with E-state index in [-0.39, 0.29) is 6.17 Å². The molecule has 0 spiro atoms. The van der Waals surface area contributed by atoms with Crippen LogP contribution in [0.2, 0.25) is 0 Å². The molecule has 11 rings (SSSR count). The second-order valence-corrected chi connectivity index (χ2v) is 15.6. The maximum Gasteiger partial charge on any atom is 0.155 e. The summed E-state index contributed by atoms with van der Waals surface area (Å²) in [5.74, 6) is 2.04. The number of para-hydroxylation sites is 2. The molecule has 1 atom stereocenters. The van der Waals surface area contributed by atoms with Crippen molar-refractivity contribution >= 4 is 33.3 Å². The van der Waals surface area contributed by atoms with E-state index in [9.17, 15) is 0 Å². The van der Waals surface area contributed by atoms with Crippen molar-refractivity contribution in [3.8, 4) is 50.2 Å². The fraction of sp³-hybridized carbons (Fsp3) is 0.0526. The molecule has 0 radical (unpaired) electrons. The Morgan fingerprint density at radius 2 is 0.967 bits per heavy atom. The lowest BCUT2D eigenvalue weighted by Gasteiger charge is -2.41. The highest BCUT2D eigenvalue weighted by Crippen LogP contribution is 2.44. The molecule has 4 heteroatoms. The van der Waals surface area contributed by atoms with Gasteiger partial charge < -0.3 is 0 Å². The molecule has 9 aromatic carbocycles. The van der Waals surface area contributed by atoms with E-state index in [2.05, 4.69) is 235 Å². The van der Waals surface area contributed by atoms with Crippen LogP contribution in [0.4, 0.5) is 5.69 Å². The maximum atomic E-state index is 5.35. The number of hydrogen-bond acceptors (Lipinski definition) is 3. The first kappa shape index (κ1) is 36.3. The molecule has 2 heterocycles. The van der Waals surface area contributed by atoms with E-state index < -0.39 is 0 Å². The van der Waals surface area contributed by atoms with Crippen LogP contribution in [0.25, 0.3) is 72.0 Å². The van der Waals surface area contributed by atoms with E-state index in [0.29, 0.717) is 0 Å². The number of nitrogens with zero attached hydrogens (tertiary/aromatic N) is 4. The molecule has 1 aromatic heterocycles. The van der Waals surface area contributed by atoms with E-state index >= 15 is 0 Å². The Morgan fingerprint density at radius 1 is 0.426 bits per heavy atom. The summed E-state index contributed by atoms with van der Waals surface area (Å²) in [6.45, 7) is 2.16. The van der Waals surface area contributed by atoms with Crippen molar-refractivity contribution in [3.05, 3.63) is 235 Å². The normalized spacial score (nSPS) is 13.6. The zero-order chi connectivity index (χ0) is 40.7. The Bertz CT molecular complexity index is 3220. The molecule has 1 aliphatic heterocycles. The molecule has 0 saturated heterocycles. The van der Waals surface area contributed by atoms with E-state index in [0.717, 1.165) is 46.1 Å². The number of benzene rings is 9. The van der Waals surface area contributed by atoms with Gasteiger partial charge in [-0.2, -0.15) is 0 Å². The topological polar surface area (TPSA) is 33.4 Å². The van der Waals surface area contributed by atoms with Crippen LogP contribution in [0, 0.1) is 0 Å². The van der Waals surface area contributed by atoms with Gasteiger partial charge >= 0.3 is 0 Å². The second-order valence-electron chi connectivity index (χ2n) is 15.6. The van der Waals surface area contributed by atoms with Gasteiger partial charge in [-0.25, -0.2) is 9.98 Å². The van der Waals surface area contributed by atoms with Crippen LogP contribution < -0.4 is 4.90 Å². The van der Waals surface area contributed by atoms with Gasteiger partial charge in [0.25, 0.3) is 0 Å². The SMILES string of the molecule is CCc1nc2ccccc2n1-c1ccc(-c2cccc(-c3cccc4c(-c5ccccc5C5N=C(c6ccccc6)N5c5ccc(-c6ccccc6)cc5)cccc34)c2)cc1. The van der Waals surface area contributed by atoms with Crippen LogP contribution >= 0.6 is 0 Å². The highest BCUT2D eigenvalue weighted by Gasteiger charge is 2.36. The quantitative estimate of drug-likeness (QED) is 0.146. The van der Waals surface area contributed by atoms with Crippen molar-refractivity contribution in [3.63, 3.8) is 0 Å². The summed E-state index contributed by atoms with van der Waals surface area (Å²) in [6.07, 6.45) is 0.680. The molecule has 0 bridgehead atoms. The molecule has 0 amide bonds. The average Bonchev–Trinajstić information content (AvgIpc) is 3.71. The van der Waals surface area contributed by atoms with Gasteiger partial charge in [0.2, 0.25) is 0 Å². The molecule has 0 fully saturated rings. The van der Waals surface area contributed by atoms with Crippen molar-refractivity contribution in [1.29, 1.82) is 0 Å². The molecule has 1 aliphatic rings. The summed E-state index contributed by atoms with van der Waals surface area (Å²) in [5, 5.41) is 2.43. The van der Waals surface area contributed by atoms with Gasteiger partial charge in [-0.05, 0) is 97.7 Å². The largest absolute Gasteiger partial charge is 0.299 e. The first-order chi connectivity index (χ1) is 30.2. The molecule has 0 saturated carbocycles. The Morgan fingerprint density at radius 3 is 1.72 bits per heavy atom. The van der Waals surface area contributed by atoms with Gasteiger partial charge in [0.1, 0.15) is 11.7 Å². The lowest BCUT2D eigenvalue weighted by molar-refractivity contribution is 0.692. The predicted molar refractivity (Wildman–Crippen MR) is 254 cm³/mol. The number of aryl methyl sites for hydroxylation is 1. The Kier molecular flexibility index (Phi) is 9.16. The third kappa shape index (κ3) is 6.50. The molecule has 61 heavy (non-hydrogen) atoms. The summed E-state index contributed by atoms with van der Waals surface area (Å²) in [4.78, 5) is 12.6. The molecule has 1 unspecified atom stereocenters. The van der Waals surface area contributed by atoms with Crippen molar-refractivity contribution in [2.45, 2.75) is 19.5 Å². The lowest BCUT2D eigenvalue weighted by Crippen LogP contribution is -2.43. The monoisotopic (exact) mass is 782 g/mol. The molecular formula is C57H42N4. The molecule has 4 nitrogen and oxygen atoms in total. The highest BCUT2D eigenvalue weighted by atomic mass is 15.4. The van der Waals surface area contributed by atoms with Gasteiger partial charge in [-0.15, -0.1) is 0 Å². The number of hydrogen-bond donors (Lipinski definition) is 0. The van der Waals surface area contributed by atoms with E-state index in [1.54, 1.807) is 0 Å².